The van der Waals surface area contributed by atoms with Crippen molar-refractivity contribution >= 4 is 11.8 Å². The van der Waals surface area contributed by atoms with Crippen molar-refractivity contribution in [2.75, 3.05) is 0 Å². The Morgan fingerprint density at radius 2 is 1.85 bits per heavy atom. The summed E-state index contributed by atoms with van der Waals surface area (Å²) in [5.74, 6) is -0.434. The third kappa shape index (κ3) is 7.12. The van der Waals surface area contributed by atoms with E-state index in [1.807, 2.05) is 36.4 Å². The second kappa shape index (κ2) is 10.9. The molecule has 142 valence electrons. The third-order valence-electron chi connectivity index (χ3n) is 5.12. The van der Waals surface area contributed by atoms with E-state index < -0.39 is 5.97 Å². The van der Waals surface area contributed by atoms with Gasteiger partial charge in [-0.15, -0.1) is 0 Å². The number of Topliss-reactive ketones (excluding diaryl/α,β-unsaturated/α-hetero) is 1. The Morgan fingerprint density at radius 1 is 1.12 bits per heavy atom. The maximum atomic E-state index is 12.1. The zero-order chi connectivity index (χ0) is 18.8. The van der Waals surface area contributed by atoms with E-state index in [2.05, 4.69) is 0 Å². The second-order valence-corrected chi connectivity index (χ2v) is 7.23. The highest BCUT2D eigenvalue weighted by molar-refractivity contribution is 5.88. The summed E-state index contributed by atoms with van der Waals surface area (Å²) in [6, 6.07) is 9.97. The largest absolute Gasteiger partial charge is 0.481 e. The fraction of sp³-hybridized carbons (Fsp3) is 0.545. The molecular weight excluding hydrogens is 328 g/mol. The molecule has 0 unspecified atom stereocenters. The Kier molecular flexibility index (Phi) is 8.56. The van der Waals surface area contributed by atoms with Crippen LogP contribution in [0.1, 0.15) is 63.4 Å². The van der Waals surface area contributed by atoms with Crippen LogP contribution in [-0.4, -0.2) is 28.1 Å². The van der Waals surface area contributed by atoms with Crippen LogP contribution < -0.4 is 0 Å². The summed E-state index contributed by atoms with van der Waals surface area (Å²) >= 11 is 0. The SMILES string of the molecule is O=C(O)CCCCCC[C@H]1C(=O)CC=C1CC[C@H](O)Cc1ccccc1. The number of hydrogen-bond acceptors (Lipinski definition) is 3. The molecule has 0 aromatic heterocycles. The number of aliphatic hydroxyl groups is 1. The first-order valence-corrected chi connectivity index (χ1v) is 9.71. The zero-order valence-electron chi connectivity index (χ0n) is 15.4. The number of ketones is 1. The van der Waals surface area contributed by atoms with Gasteiger partial charge in [-0.3, -0.25) is 9.59 Å². The molecule has 26 heavy (non-hydrogen) atoms. The second-order valence-electron chi connectivity index (χ2n) is 7.23. The summed E-state index contributed by atoms with van der Waals surface area (Å²) < 4.78 is 0. The maximum absolute atomic E-state index is 12.1. The van der Waals surface area contributed by atoms with Gasteiger partial charge in [0.05, 0.1) is 6.10 Å². The lowest BCUT2D eigenvalue weighted by Gasteiger charge is -2.16. The molecule has 2 rings (SSSR count). The number of aliphatic carboxylic acids is 1. The quantitative estimate of drug-likeness (QED) is 0.431. The van der Waals surface area contributed by atoms with Crippen LogP contribution in [0, 0.1) is 5.92 Å². The smallest absolute Gasteiger partial charge is 0.303 e. The zero-order valence-corrected chi connectivity index (χ0v) is 15.4. The predicted octanol–water partition coefficient (Wildman–Crippen LogP) is 4.31. The first kappa shape index (κ1) is 20.4. The number of benzene rings is 1. The molecule has 4 heteroatoms. The van der Waals surface area contributed by atoms with E-state index in [-0.39, 0.29) is 18.4 Å². The molecule has 1 aromatic carbocycles. The fourth-order valence-corrected chi connectivity index (χ4v) is 3.65. The Labute approximate surface area is 155 Å². The minimum atomic E-state index is -0.741. The third-order valence-corrected chi connectivity index (χ3v) is 5.12. The average molecular weight is 358 g/mol. The molecule has 0 aliphatic heterocycles. The van der Waals surface area contributed by atoms with Gasteiger partial charge in [-0.2, -0.15) is 0 Å². The van der Waals surface area contributed by atoms with Crippen LogP contribution >= 0.6 is 0 Å². The molecule has 2 N–H and O–H groups in total. The van der Waals surface area contributed by atoms with Crippen molar-refractivity contribution in [3.05, 3.63) is 47.5 Å². The van der Waals surface area contributed by atoms with Crippen LogP contribution in [0.4, 0.5) is 0 Å². The van der Waals surface area contributed by atoms with Gasteiger partial charge in [-0.05, 0) is 37.7 Å². The van der Waals surface area contributed by atoms with Crippen LogP contribution in [0.3, 0.4) is 0 Å². The van der Waals surface area contributed by atoms with Crippen molar-refractivity contribution in [3.8, 4) is 0 Å². The lowest BCUT2D eigenvalue weighted by molar-refractivity contribution is -0.137. The number of hydrogen-bond donors (Lipinski definition) is 2. The van der Waals surface area contributed by atoms with E-state index in [1.54, 1.807) is 0 Å². The van der Waals surface area contributed by atoms with Crippen molar-refractivity contribution in [1.29, 1.82) is 0 Å². The van der Waals surface area contributed by atoms with Gasteiger partial charge in [0.25, 0.3) is 0 Å². The van der Waals surface area contributed by atoms with Crippen LogP contribution in [0.5, 0.6) is 0 Å². The van der Waals surface area contributed by atoms with Crippen molar-refractivity contribution < 1.29 is 19.8 Å². The number of carboxylic acids is 1. The molecule has 1 aliphatic carbocycles. The van der Waals surface area contributed by atoms with Crippen molar-refractivity contribution in [2.45, 2.75) is 70.3 Å². The standard InChI is InChI=1S/C22H30O4/c23-19(16-17-8-4-3-5-9-17)14-12-18-13-15-21(24)20(18)10-6-1-2-7-11-22(25)26/h3-5,8-9,13,19-20,23H,1-2,6-7,10-12,14-16H2,(H,25,26)/t19-,20+/m0/s1. The number of aliphatic hydroxyl groups excluding tert-OH is 1. The van der Waals surface area contributed by atoms with Crippen LogP contribution in [0.25, 0.3) is 0 Å². The predicted molar refractivity (Wildman–Crippen MR) is 102 cm³/mol. The number of allylic oxidation sites excluding steroid dienone is 2. The molecule has 1 aromatic rings. The number of unbranched alkanes of at least 4 members (excludes halogenated alkanes) is 3. The van der Waals surface area contributed by atoms with Crippen molar-refractivity contribution in [1.82, 2.24) is 0 Å². The molecule has 0 bridgehead atoms. The van der Waals surface area contributed by atoms with E-state index in [9.17, 15) is 14.7 Å². The molecule has 0 radical (unpaired) electrons. The van der Waals surface area contributed by atoms with E-state index in [1.165, 1.54) is 5.57 Å². The minimum absolute atomic E-state index is 0.0124. The van der Waals surface area contributed by atoms with Gasteiger partial charge in [-0.25, -0.2) is 0 Å². The molecule has 0 saturated carbocycles. The van der Waals surface area contributed by atoms with Crippen LogP contribution in [0.2, 0.25) is 0 Å². The summed E-state index contributed by atoms with van der Waals surface area (Å²) in [5, 5.41) is 18.9. The van der Waals surface area contributed by atoms with Crippen molar-refractivity contribution in [3.63, 3.8) is 0 Å². The molecule has 1 aliphatic rings. The first-order valence-electron chi connectivity index (χ1n) is 9.71. The van der Waals surface area contributed by atoms with Gasteiger partial charge >= 0.3 is 5.97 Å². The molecule has 0 saturated heterocycles. The molecular formula is C22H30O4. The number of rotatable bonds is 12. The number of carboxylic acid groups (broad SMARTS) is 1. The topological polar surface area (TPSA) is 74.6 Å². The summed E-state index contributed by atoms with van der Waals surface area (Å²) in [4.78, 5) is 22.6. The molecule has 0 heterocycles. The lowest BCUT2D eigenvalue weighted by Crippen LogP contribution is -2.14. The molecule has 0 amide bonds. The Morgan fingerprint density at radius 3 is 2.58 bits per heavy atom. The normalized spacial score (nSPS) is 18.0. The monoisotopic (exact) mass is 358 g/mol. The summed E-state index contributed by atoms with van der Waals surface area (Å²) in [5.41, 5.74) is 2.32. The Balaban J connectivity index is 1.68. The van der Waals surface area contributed by atoms with Crippen LogP contribution in [0.15, 0.2) is 42.0 Å². The number of carbonyl (C=O) groups is 2. The minimum Gasteiger partial charge on any atom is -0.481 e. The van der Waals surface area contributed by atoms with Gasteiger partial charge in [0.2, 0.25) is 0 Å². The molecule has 2 atom stereocenters. The Hall–Kier alpha value is -1.94. The van der Waals surface area contributed by atoms with E-state index in [0.29, 0.717) is 31.5 Å². The maximum Gasteiger partial charge on any atom is 0.303 e. The Bertz CT molecular complexity index is 606. The van der Waals surface area contributed by atoms with Gasteiger partial charge in [-0.1, -0.05) is 61.2 Å². The van der Waals surface area contributed by atoms with Crippen LogP contribution in [-0.2, 0) is 16.0 Å². The summed E-state index contributed by atoms with van der Waals surface area (Å²) in [6.45, 7) is 0. The number of carbonyl (C=O) groups excluding carboxylic acids is 1. The highest BCUT2D eigenvalue weighted by Gasteiger charge is 2.26. The van der Waals surface area contributed by atoms with E-state index in [4.69, 9.17) is 5.11 Å². The molecule has 0 fully saturated rings. The summed E-state index contributed by atoms with van der Waals surface area (Å²) in [6.07, 6.45) is 8.93. The summed E-state index contributed by atoms with van der Waals surface area (Å²) in [7, 11) is 0. The van der Waals surface area contributed by atoms with Gasteiger partial charge < -0.3 is 10.2 Å². The molecule has 0 spiro atoms. The highest BCUT2D eigenvalue weighted by Crippen LogP contribution is 2.31. The van der Waals surface area contributed by atoms with Crippen molar-refractivity contribution in [2.24, 2.45) is 5.92 Å². The first-order chi connectivity index (χ1) is 12.6. The highest BCUT2D eigenvalue weighted by atomic mass is 16.4. The van der Waals surface area contributed by atoms with Gasteiger partial charge in [0.1, 0.15) is 5.78 Å². The van der Waals surface area contributed by atoms with E-state index >= 15 is 0 Å². The average Bonchev–Trinajstić information content (AvgIpc) is 2.97. The van der Waals surface area contributed by atoms with Gasteiger partial charge in [0.15, 0.2) is 0 Å². The van der Waals surface area contributed by atoms with Gasteiger partial charge in [0, 0.05) is 18.8 Å². The lowest BCUT2D eigenvalue weighted by atomic mass is 9.90. The van der Waals surface area contributed by atoms with E-state index in [0.717, 1.165) is 37.7 Å². The fourth-order valence-electron chi connectivity index (χ4n) is 3.65. The molecule has 4 nitrogen and oxygen atoms in total.